The van der Waals surface area contributed by atoms with Gasteiger partial charge < -0.3 is 14.9 Å². The van der Waals surface area contributed by atoms with Crippen LogP contribution in [0.4, 0.5) is 5.69 Å². The Hall–Kier alpha value is -3.05. The fourth-order valence-electron chi connectivity index (χ4n) is 2.79. The summed E-state index contributed by atoms with van der Waals surface area (Å²) in [5, 5.41) is 3.52. The molecule has 0 radical (unpaired) electrons. The number of aromatic nitrogens is 3. The van der Waals surface area contributed by atoms with E-state index in [0.29, 0.717) is 10.7 Å². The van der Waals surface area contributed by atoms with Crippen LogP contribution in [0.1, 0.15) is 0 Å². The Morgan fingerprint density at radius 2 is 1.88 bits per heavy atom. The molecule has 0 aliphatic carbocycles. The fourth-order valence-corrected chi connectivity index (χ4v) is 2.91. The molecule has 4 aromatic rings. The number of carbonyl (C=O) groups is 1. The SMILES string of the molecule is O=C(Cn1c(-c2ccc[nH]2)nc2ccccc21)Nc1ccc(Cl)cc1. The van der Waals surface area contributed by atoms with Crippen molar-refractivity contribution in [1.29, 1.82) is 0 Å². The Labute approximate surface area is 149 Å². The Morgan fingerprint density at radius 3 is 2.64 bits per heavy atom. The minimum Gasteiger partial charge on any atom is -0.359 e. The first-order chi connectivity index (χ1) is 12.2. The highest BCUT2D eigenvalue weighted by Crippen LogP contribution is 2.23. The van der Waals surface area contributed by atoms with Crippen LogP contribution < -0.4 is 5.32 Å². The van der Waals surface area contributed by atoms with E-state index in [2.05, 4.69) is 15.3 Å². The molecule has 2 aromatic heterocycles. The van der Waals surface area contributed by atoms with Crippen molar-refractivity contribution in [1.82, 2.24) is 14.5 Å². The first-order valence-corrected chi connectivity index (χ1v) is 8.23. The van der Waals surface area contributed by atoms with Gasteiger partial charge in [0, 0.05) is 16.9 Å². The Kier molecular flexibility index (Phi) is 3.99. The number of benzene rings is 2. The fraction of sp³-hybridized carbons (Fsp3) is 0.0526. The van der Waals surface area contributed by atoms with E-state index < -0.39 is 0 Å². The maximum atomic E-state index is 12.5. The molecule has 1 amide bonds. The molecule has 0 saturated heterocycles. The summed E-state index contributed by atoms with van der Waals surface area (Å²) in [5.74, 6) is 0.607. The highest BCUT2D eigenvalue weighted by atomic mass is 35.5. The molecule has 4 rings (SSSR count). The van der Waals surface area contributed by atoms with E-state index in [1.54, 1.807) is 24.3 Å². The monoisotopic (exact) mass is 350 g/mol. The number of hydrogen-bond donors (Lipinski definition) is 2. The number of para-hydroxylation sites is 2. The highest BCUT2D eigenvalue weighted by molar-refractivity contribution is 6.30. The van der Waals surface area contributed by atoms with Crippen molar-refractivity contribution in [2.24, 2.45) is 0 Å². The first-order valence-electron chi connectivity index (χ1n) is 7.85. The third-order valence-corrected chi connectivity index (χ3v) is 4.18. The van der Waals surface area contributed by atoms with Crippen LogP contribution in [0.2, 0.25) is 5.02 Å². The molecule has 0 saturated carbocycles. The molecule has 0 spiro atoms. The molecule has 0 bridgehead atoms. The molecule has 5 nitrogen and oxygen atoms in total. The van der Waals surface area contributed by atoms with Gasteiger partial charge in [-0.3, -0.25) is 4.79 Å². The summed E-state index contributed by atoms with van der Waals surface area (Å²) in [6.07, 6.45) is 1.84. The Morgan fingerprint density at radius 1 is 1.08 bits per heavy atom. The minimum atomic E-state index is -0.127. The second-order valence-corrected chi connectivity index (χ2v) is 6.09. The quantitative estimate of drug-likeness (QED) is 0.575. The number of fused-ring (bicyclic) bond motifs is 1. The zero-order valence-corrected chi connectivity index (χ0v) is 14.0. The first kappa shape index (κ1) is 15.5. The van der Waals surface area contributed by atoms with Gasteiger partial charge in [0.15, 0.2) is 5.82 Å². The van der Waals surface area contributed by atoms with E-state index in [0.717, 1.165) is 22.6 Å². The second-order valence-electron chi connectivity index (χ2n) is 5.65. The number of aromatic amines is 1. The molecule has 0 fully saturated rings. The van der Waals surface area contributed by atoms with Crippen LogP contribution in [0.5, 0.6) is 0 Å². The number of H-pyrrole nitrogens is 1. The minimum absolute atomic E-state index is 0.127. The molecule has 25 heavy (non-hydrogen) atoms. The molecular formula is C19H15ClN4O. The molecule has 0 atom stereocenters. The van der Waals surface area contributed by atoms with E-state index in [-0.39, 0.29) is 12.5 Å². The average molecular weight is 351 g/mol. The van der Waals surface area contributed by atoms with Gasteiger partial charge in [-0.25, -0.2) is 4.98 Å². The molecule has 2 N–H and O–H groups in total. The topological polar surface area (TPSA) is 62.7 Å². The Bertz CT molecular complexity index is 1020. The van der Waals surface area contributed by atoms with Gasteiger partial charge in [0.2, 0.25) is 5.91 Å². The number of carbonyl (C=O) groups excluding carboxylic acids is 1. The van der Waals surface area contributed by atoms with E-state index >= 15 is 0 Å². The number of anilines is 1. The number of halogens is 1. The van der Waals surface area contributed by atoms with Gasteiger partial charge in [-0.1, -0.05) is 23.7 Å². The predicted octanol–water partition coefficient (Wildman–Crippen LogP) is 4.32. The van der Waals surface area contributed by atoms with Gasteiger partial charge in [0.1, 0.15) is 6.54 Å². The van der Waals surface area contributed by atoms with Crippen LogP contribution in [-0.2, 0) is 11.3 Å². The summed E-state index contributed by atoms with van der Waals surface area (Å²) in [5.41, 5.74) is 3.35. The normalized spacial score (nSPS) is 10.9. The van der Waals surface area contributed by atoms with Gasteiger partial charge in [0.05, 0.1) is 16.7 Å². The maximum absolute atomic E-state index is 12.5. The summed E-state index contributed by atoms with van der Waals surface area (Å²) >= 11 is 5.88. The van der Waals surface area contributed by atoms with Crippen molar-refractivity contribution >= 4 is 34.2 Å². The van der Waals surface area contributed by atoms with Gasteiger partial charge >= 0.3 is 0 Å². The molecule has 2 heterocycles. The molecule has 0 unspecified atom stereocenters. The van der Waals surface area contributed by atoms with Crippen LogP contribution in [-0.4, -0.2) is 20.4 Å². The Balaban J connectivity index is 1.67. The molecule has 2 aromatic carbocycles. The number of nitrogens with one attached hydrogen (secondary N) is 2. The largest absolute Gasteiger partial charge is 0.359 e. The van der Waals surface area contributed by atoms with Crippen molar-refractivity contribution in [2.75, 3.05) is 5.32 Å². The zero-order valence-electron chi connectivity index (χ0n) is 13.2. The lowest BCUT2D eigenvalue weighted by Crippen LogP contribution is -2.19. The van der Waals surface area contributed by atoms with Crippen molar-refractivity contribution in [2.45, 2.75) is 6.54 Å². The van der Waals surface area contributed by atoms with Crippen LogP contribution in [0.15, 0.2) is 66.9 Å². The van der Waals surface area contributed by atoms with Gasteiger partial charge in [-0.2, -0.15) is 0 Å². The predicted molar refractivity (Wildman–Crippen MR) is 99.6 cm³/mol. The van der Waals surface area contributed by atoms with E-state index in [4.69, 9.17) is 11.6 Å². The number of imidazole rings is 1. The second kappa shape index (κ2) is 6.45. The van der Waals surface area contributed by atoms with E-state index in [9.17, 15) is 4.79 Å². The number of amides is 1. The van der Waals surface area contributed by atoms with Crippen molar-refractivity contribution < 1.29 is 4.79 Å². The van der Waals surface area contributed by atoms with E-state index in [1.807, 2.05) is 47.2 Å². The molecular weight excluding hydrogens is 336 g/mol. The number of hydrogen-bond acceptors (Lipinski definition) is 2. The summed E-state index contributed by atoms with van der Waals surface area (Å²) in [4.78, 5) is 20.3. The molecule has 0 aliphatic heterocycles. The number of nitrogens with zero attached hydrogens (tertiary/aromatic N) is 2. The van der Waals surface area contributed by atoms with Crippen LogP contribution in [0.25, 0.3) is 22.6 Å². The lowest BCUT2D eigenvalue weighted by Gasteiger charge is -2.09. The zero-order chi connectivity index (χ0) is 17.2. The summed E-state index contributed by atoms with van der Waals surface area (Å²) in [6, 6.07) is 18.7. The maximum Gasteiger partial charge on any atom is 0.244 e. The standard InChI is InChI=1S/C19H15ClN4O/c20-13-7-9-14(10-8-13)22-18(25)12-24-17-6-2-1-4-15(17)23-19(24)16-5-3-11-21-16/h1-11,21H,12H2,(H,22,25). The smallest absolute Gasteiger partial charge is 0.244 e. The molecule has 124 valence electrons. The van der Waals surface area contributed by atoms with Gasteiger partial charge in [-0.15, -0.1) is 0 Å². The third-order valence-electron chi connectivity index (χ3n) is 3.92. The lowest BCUT2D eigenvalue weighted by molar-refractivity contribution is -0.116. The summed E-state index contributed by atoms with van der Waals surface area (Å²) < 4.78 is 1.91. The summed E-state index contributed by atoms with van der Waals surface area (Å²) in [6.45, 7) is 0.164. The average Bonchev–Trinajstić information content (AvgIpc) is 3.25. The van der Waals surface area contributed by atoms with E-state index in [1.165, 1.54) is 0 Å². The van der Waals surface area contributed by atoms with Gasteiger partial charge in [-0.05, 0) is 48.5 Å². The summed E-state index contributed by atoms with van der Waals surface area (Å²) in [7, 11) is 0. The van der Waals surface area contributed by atoms with Crippen molar-refractivity contribution in [3.05, 3.63) is 71.9 Å². The third kappa shape index (κ3) is 3.14. The number of rotatable bonds is 4. The molecule has 6 heteroatoms. The van der Waals surface area contributed by atoms with Crippen LogP contribution in [0.3, 0.4) is 0 Å². The molecule has 0 aliphatic rings. The van der Waals surface area contributed by atoms with Crippen molar-refractivity contribution in [3.8, 4) is 11.5 Å². The van der Waals surface area contributed by atoms with Gasteiger partial charge in [0.25, 0.3) is 0 Å². The highest BCUT2D eigenvalue weighted by Gasteiger charge is 2.15. The lowest BCUT2D eigenvalue weighted by atomic mass is 10.3. The van der Waals surface area contributed by atoms with Crippen LogP contribution in [0, 0.1) is 0 Å². The van der Waals surface area contributed by atoms with Crippen molar-refractivity contribution in [3.63, 3.8) is 0 Å². The van der Waals surface area contributed by atoms with Crippen LogP contribution >= 0.6 is 11.6 Å².